The Morgan fingerprint density at radius 2 is 1.73 bits per heavy atom. The molecule has 4 rings (SSSR count). The van der Waals surface area contributed by atoms with Crippen molar-refractivity contribution >= 4 is 33.2 Å². The van der Waals surface area contributed by atoms with Crippen molar-refractivity contribution in [1.29, 1.82) is 0 Å². The van der Waals surface area contributed by atoms with Gasteiger partial charge in [-0.1, -0.05) is 6.07 Å². The van der Waals surface area contributed by atoms with Crippen molar-refractivity contribution in [2.75, 3.05) is 42.9 Å². The first-order valence-corrected chi connectivity index (χ1v) is 11.4. The van der Waals surface area contributed by atoms with E-state index in [1.54, 1.807) is 0 Å². The fourth-order valence-electron chi connectivity index (χ4n) is 3.71. The monoisotopic (exact) mass is 428 g/mol. The Labute approximate surface area is 175 Å². The molecule has 8 nitrogen and oxygen atoms in total. The predicted molar refractivity (Wildman–Crippen MR) is 114 cm³/mol. The van der Waals surface area contributed by atoms with Gasteiger partial charge in [-0.2, -0.15) is 4.31 Å². The third-order valence-electron chi connectivity index (χ3n) is 5.33. The number of benzene rings is 2. The highest BCUT2D eigenvalue weighted by molar-refractivity contribution is 7.89. The lowest BCUT2D eigenvalue weighted by molar-refractivity contribution is -0.122. The first kappa shape index (κ1) is 20.4. The van der Waals surface area contributed by atoms with E-state index >= 15 is 0 Å². The maximum atomic E-state index is 12.7. The van der Waals surface area contributed by atoms with Crippen LogP contribution < -0.4 is 15.5 Å². The number of amides is 2. The van der Waals surface area contributed by atoms with E-state index in [4.69, 9.17) is 0 Å². The highest BCUT2D eigenvalue weighted by Gasteiger charge is 2.29. The Hall–Kier alpha value is -2.91. The number of carbonyl (C=O) groups is 2. The fourth-order valence-corrected chi connectivity index (χ4v) is 5.10. The quantitative estimate of drug-likeness (QED) is 0.755. The molecule has 2 aliphatic heterocycles. The van der Waals surface area contributed by atoms with Crippen LogP contribution in [0.4, 0.5) is 11.4 Å². The molecule has 0 aliphatic carbocycles. The topological polar surface area (TPSA) is 98.8 Å². The highest BCUT2D eigenvalue weighted by Crippen LogP contribution is 2.24. The summed E-state index contributed by atoms with van der Waals surface area (Å²) in [5.41, 5.74) is 2.13. The summed E-state index contributed by atoms with van der Waals surface area (Å²) in [5.74, 6) is -0.633. The van der Waals surface area contributed by atoms with E-state index < -0.39 is 10.0 Å². The molecule has 0 radical (unpaired) electrons. The number of hydrogen-bond acceptors (Lipinski definition) is 5. The van der Waals surface area contributed by atoms with E-state index in [1.165, 1.54) is 37.1 Å². The lowest BCUT2D eigenvalue weighted by Gasteiger charge is -2.25. The molecule has 2 aliphatic rings. The van der Waals surface area contributed by atoms with Crippen molar-refractivity contribution in [3.05, 3.63) is 54.1 Å². The van der Waals surface area contributed by atoms with Gasteiger partial charge in [0.2, 0.25) is 15.9 Å². The minimum absolute atomic E-state index is 0.0600. The largest absolute Gasteiger partial charge is 0.371 e. The van der Waals surface area contributed by atoms with Crippen LogP contribution in [0.5, 0.6) is 0 Å². The summed E-state index contributed by atoms with van der Waals surface area (Å²) in [5, 5.41) is 5.47. The third kappa shape index (κ3) is 4.31. The molecule has 2 aromatic rings. The Kier molecular flexibility index (Phi) is 5.74. The molecule has 0 bridgehead atoms. The van der Waals surface area contributed by atoms with Gasteiger partial charge in [0, 0.05) is 43.1 Å². The zero-order valence-corrected chi connectivity index (χ0v) is 17.3. The predicted octanol–water partition coefficient (Wildman–Crippen LogP) is 1.66. The van der Waals surface area contributed by atoms with Gasteiger partial charge in [-0.25, -0.2) is 8.42 Å². The van der Waals surface area contributed by atoms with Gasteiger partial charge < -0.3 is 15.5 Å². The van der Waals surface area contributed by atoms with Gasteiger partial charge >= 0.3 is 0 Å². The van der Waals surface area contributed by atoms with Crippen molar-refractivity contribution in [2.24, 2.45) is 0 Å². The molecule has 0 atom stereocenters. The Bertz CT molecular complexity index is 1050. The van der Waals surface area contributed by atoms with Crippen LogP contribution in [0.15, 0.2) is 53.4 Å². The maximum Gasteiger partial charge on any atom is 0.255 e. The molecule has 2 amide bonds. The van der Waals surface area contributed by atoms with Crippen LogP contribution in [-0.2, 0) is 14.8 Å². The second-order valence-electron chi connectivity index (χ2n) is 7.41. The zero-order valence-electron chi connectivity index (χ0n) is 16.5. The molecule has 0 unspecified atom stereocenters. The number of piperazine rings is 1. The van der Waals surface area contributed by atoms with Crippen molar-refractivity contribution in [2.45, 2.75) is 17.7 Å². The molecule has 30 heavy (non-hydrogen) atoms. The first-order valence-electron chi connectivity index (χ1n) is 9.97. The molecule has 2 N–H and O–H groups in total. The summed E-state index contributed by atoms with van der Waals surface area (Å²) in [6.07, 6.45) is 2.35. The lowest BCUT2D eigenvalue weighted by atomic mass is 10.2. The van der Waals surface area contributed by atoms with Gasteiger partial charge in [0.1, 0.15) is 0 Å². The summed E-state index contributed by atoms with van der Waals surface area (Å²) in [6.45, 7) is 2.36. The molecule has 9 heteroatoms. The standard InChI is InChI=1S/C21H24N4O4S/c26-20-15-25(13-10-22-20)30(28,29)19-8-6-16(7-9-19)21(27)23-17-4-3-5-18(14-17)24-11-1-2-12-24/h3-9,14H,1-2,10-13,15H2,(H,22,26)(H,23,27). The van der Waals surface area contributed by atoms with Crippen LogP contribution in [0.1, 0.15) is 23.2 Å². The summed E-state index contributed by atoms with van der Waals surface area (Å²) in [7, 11) is -3.78. The van der Waals surface area contributed by atoms with Gasteiger partial charge in [-0.3, -0.25) is 9.59 Å². The maximum absolute atomic E-state index is 12.7. The SMILES string of the molecule is O=C1CN(S(=O)(=O)c2ccc(C(=O)Nc3cccc(N4CCCC4)c3)cc2)CCN1. The van der Waals surface area contributed by atoms with Crippen LogP contribution in [0.2, 0.25) is 0 Å². The van der Waals surface area contributed by atoms with Crippen molar-refractivity contribution < 1.29 is 18.0 Å². The van der Waals surface area contributed by atoms with Crippen LogP contribution in [0, 0.1) is 0 Å². The van der Waals surface area contributed by atoms with Crippen molar-refractivity contribution in [1.82, 2.24) is 9.62 Å². The number of rotatable bonds is 5. The number of carbonyl (C=O) groups excluding carboxylic acids is 2. The fraction of sp³-hybridized carbons (Fsp3) is 0.333. The van der Waals surface area contributed by atoms with Gasteiger partial charge in [-0.15, -0.1) is 0 Å². The van der Waals surface area contributed by atoms with E-state index in [0.717, 1.165) is 23.1 Å². The summed E-state index contributed by atoms with van der Waals surface area (Å²) in [6, 6.07) is 13.5. The minimum Gasteiger partial charge on any atom is -0.371 e. The van der Waals surface area contributed by atoms with Gasteiger partial charge in [-0.05, 0) is 55.3 Å². The average Bonchev–Trinajstić information content (AvgIpc) is 3.29. The smallest absolute Gasteiger partial charge is 0.255 e. The average molecular weight is 429 g/mol. The third-order valence-corrected chi connectivity index (χ3v) is 7.19. The lowest BCUT2D eigenvalue weighted by Crippen LogP contribution is -2.49. The molecule has 2 aromatic carbocycles. The number of nitrogens with zero attached hydrogens (tertiary/aromatic N) is 2. The minimum atomic E-state index is -3.78. The Morgan fingerprint density at radius 3 is 2.43 bits per heavy atom. The first-order chi connectivity index (χ1) is 14.4. The zero-order chi connectivity index (χ0) is 21.1. The number of hydrogen-bond donors (Lipinski definition) is 2. The van der Waals surface area contributed by atoms with E-state index in [1.807, 2.05) is 24.3 Å². The highest BCUT2D eigenvalue weighted by atomic mass is 32.2. The van der Waals surface area contributed by atoms with Crippen LogP contribution >= 0.6 is 0 Å². The van der Waals surface area contributed by atoms with Crippen molar-refractivity contribution in [3.63, 3.8) is 0 Å². The molecule has 2 heterocycles. The summed E-state index contributed by atoms with van der Waals surface area (Å²) in [4.78, 5) is 26.5. The molecule has 0 spiro atoms. The molecule has 2 fully saturated rings. The van der Waals surface area contributed by atoms with Crippen LogP contribution in [0.3, 0.4) is 0 Å². The van der Waals surface area contributed by atoms with E-state index in [9.17, 15) is 18.0 Å². The number of nitrogens with one attached hydrogen (secondary N) is 2. The van der Waals surface area contributed by atoms with Crippen molar-refractivity contribution in [3.8, 4) is 0 Å². The van der Waals surface area contributed by atoms with Crippen LogP contribution in [0.25, 0.3) is 0 Å². The van der Waals surface area contributed by atoms with E-state index in [0.29, 0.717) is 11.3 Å². The number of anilines is 2. The van der Waals surface area contributed by atoms with E-state index in [-0.39, 0.29) is 36.3 Å². The molecule has 2 saturated heterocycles. The molecule has 158 valence electrons. The van der Waals surface area contributed by atoms with Gasteiger partial charge in [0.25, 0.3) is 5.91 Å². The second kappa shape index (κ2) is 8.45. The van der Waals surface area contributed by atoms with Crippen LogP contribution in [-0.4, -0.2) is 57.3 Å². The second-order valence-corrected chi connectivity index (χ2v) is 9.35. The number of sulfonamides is 1. The Balaban J connectivity index is 1.45. The van der Waals surface area contributed by atoms with E-state index in [2.05, 4.69) is 15.5 Å². The molecular weight excluding hydrogens is 404 g/mol. The summed E-state index contributed by atoms with van der Waals surface area (Å²) < 4.78 is 26.6. The molecule has 0 aromatic heterocycles. The Morgan fingerprint density at radius 1 is 1.00 bits per heavy atom. The summed E-state index contributed by atoms with van der Waals surface area (Å²) >= 11 is 0. The molecule has 0 saturated carbocycles. The van der Waals surface area contributed by atoms with Gasteiger partial charge in [0.15, 0.2) is 0 Å². The van der Waals surface area contributed by atoms with Gasteiger partial charge in [0.05, 0.1) is 11.4 Å². The molecular formula is C21H24N4O4S. The normalized spacial score (nSPS) is 17.6.